The highest BCUT2D eigenvalue weighted by molar-refractivity contribution is 6.13. The summed E-state index contributed by atoms with van der Waals surface area (Å²) in [5, 5.41) is 9.52. The predicted molar refractivity (Wildman–Crippen MR) is 189 cm³/mol. The van der Waals surface area contributed by atoms with E-state index >= 15 is 0 Å². The van der Waals surface area contributed by atoms with Gasteiger partial charge in [-0.15, -0.1) is 0 Å². The van der Waals surface area contributed by atoms with E-state index in [4.69, 9.17) is 20.9 Å². The van der Waals surface area contributed by atoms with Crippen molar-refractivity contribution < 1.29 is 32.6 Å². The number of amides is 1. The largest absolute Gasteiger partial charge is 0.496 e. The van der Waals surface area contributed by atoms with Gasteiger partial charge >= 0.3 is 0 Å². The Bertz CT molecular complexity index is 1940. The molecule has 1 amide bonds. The van der Waals surface area contributed by atoms with Crippen molar-refractivity contribution in [2.24, 2.45) is 0 Å². The predicted octanol–water partition coefficient (Wildman–Crippen LogP) is 3.07. The molecule has 0 radical (unpaired) electrons. The SMILES string of the molecule is CCC(=O)N1CC[C@@H](Nc2ncc(C(=O)c3cc(F)ccc3OC)c(N)n2)C1.COc1ccc(F)cc1C(=O)c1cnc(N[C@@H]2CCNC2)nc1N. The molecule has 0 spiro atoms. The molecule has 0 saturated carbocycles. The number of halogens is 2. The lowest BCUT2D eigenvalue weighted by Crippen LogP contribution is -2.31. The first kappa shape index (κ1) is 37.3. The number of hydrogen-bond acceptors (Lipinski definition) is 14. The average Bonchev–Trinajstić information content (AvgIpc) is 3.84. The van der Waals surface area contributed by atoms with Gasteiger partial charge in [-0.25, -0.2) is 18.7 Å². The molecule has 52 heavy (non-hydrogen) atoms. The molecule has 6 rings (SSSR count). The molecule has 15 nitrogen and oxygen atoms in total. The zero-order valence-corrected chi connectivity index (χ0v) is 28.9. The molecule has 0 aliphatic carbocycles. The summed E-state index contributed by atoms with van der Waals surface area (Å²) in [6.45, 7) is 4.83. The normalized spacial score (nSPS) is 16.4. The molecule has 4 heterocycles. The van der Waals surface area contributed by atoms with Crippen LogP contribution in [0.5, 0.6) is 11.5 Å². The monoisotopic (exact) mass is 718 g/mol. The van der Waals surface area contributed by atoms with E-state index in [1.807, 2.05) is 6.92 Å². The highest BCUT2D eigenvalue weighted by Crippen LogP contribution is 2.26. The van der Waals surface area contributed by atoms with Gasteiger partial charge < -0.3 is 41.8 Å². The molecule has 2 aliphatic heterocycles. The summed E-state index contributed by atoms with van der Waals surface area (Å²) in [6.07, 6.45) is 4.86. The van der Waals surface area contributed by atoms with Gasteiger partial charge in [-0.05, 0) is 55.8 Å². The van der Waals surface area contributed by atoms with Crippen molar-refractivity contribution in [2.75, 3.05) is 62.5 Å². The number of nitrogens with one attached hydrogen (secondary N) is 3. The van der Waals surface area contributed by atoms with Gasteiger partial charge in [0.2, 0.25) is 29.4 Å². The number of methoxy groups -OCH3 is 2. The van der Waals surface area contributed by atoms with E-state index in [2.05, 4.69) is 35.9 Å². The van der Waals surface area contributed by atoms with Crippen LogP contribution in [0.2, 0.25) is 0 Å². The van der Waals surface area contributed by atoms with Crippen LogP contribution in [-0.2, 0) is 4.79 Å². The van der Waals surface area contributed by atoms with Gasteiger partial charge in [0.15, 0.2) is 0 Å². The van der Waals surface area contributed by atoms with Crippen molar-refractivity contribution in [1.29, 1.82) is 0 Å². The van der Waals surface area contributed by atoms with Gasteiger partial charge in [0.05, 0.1) is 36.5 Å². The van der Waals surface area contributed by atoms with Crippen LogP contribution in [0, 0.1) is 11.6 Å². The lowest BCUT2D eigenvalue weighted by atomic mass is 10.0. The van der Waals surface area contributed by atoms with Crippen LogP contribution in [0.3, 0.4) is 0 Å². The third kappa shape index (κ3) is 8.84. The third-order valence-electron chi connectivity index (χ3n) is 8.51. The van der Waals surface area contributed by atoms with Gasteiger partial charge in [-0.1, -0.05) is 6.92 Å². The first-order valence-corrected chi connectivity index (χ1v) is 16.5. The fourth-order valence-corrected chi connectivity index (χ4v) is 5.76. The Balaban J connectivity index is 0.000000203. The van der Waals surface area contributed by atoms with Gasteiger partial charge in [-0.3, -0.25) is 14.4 Å². The summed E-state index contributed by atoms with van der Waals surface area (Å²) in [6, 6.07) is 7.63. The Morgan fingerprint density at radius 3 is 1.79 bits per heavy atom. The quantitative estimate of drug-likeness (QED) is 0.141. The molecule has 7 N–H and O–H groups in total. The Hall–Kier alpha value is -5.97. The Morgan fingerprint density at radius 1 is 0.827 bits per heavy atom. The van der Waals surface area contributed by atoms with Crippen LogP contribution in [0.15, 0.2) is 48.8 Å². The topological polar surface area (TPSA) is 213 Å². The van der Waals surface area contributed by atoms with E-state index in [0.717, 1.165) is 38.1 Å². The number of nitrogens with zero attached hydrogens (tertiary/aromatic N) is 5. The van der Waals surface area contributed by atoms with E-state index in [0.29, 0.717) is 25.5 Å². The summed E-state index contributed by atoms with van der Waals surface area (Å²) < 4.78 is 37.2. The number of benzene rings is 2. The first-order chi connectivity index (χ1) is 25.0. The van der Waals surface area contributed by atoms with E-state index < -0.39 is 23.2 Å². The number of aromatic nitrogens is 4. The van der Waals surface area contributed by atoms with Gasteiger partial charge in [0.1, 0.15) is 34.8 Å². The van der Waals surface area contributed by atoms with Crippen LogP contribution in [0.1, 0.15) is 58.0 Å². The molecule has 0 unspecified atom stereocenters. The highest BCUT2D eigenvalue weighted by atomic mass is 19.1. The lowest BCUT2D eigenvalue weighted by molar-refractivity contribution is -0.129. The van der Waals surface area contributed by atoms with Gasteiger partial charge in [0.25, 0.3) is 0 Å². The van der Waals surface area contributed by atoms with Crippen LogP contribution in [0.4, 0.5) is 32.3 Å². The minimum atomic E-state index is -0.561. The molecule has 2 aromatic heterocycles. The number of carbonyl (C=O) groups excluding carboxylic acids is 3. The molecular weight excluding hydrogens is 678 g/mol. The van der Waals surface area contributed by atoms with Crippen molar-refractivity contribution in [1.82, 2.24) is 30.2 Å². The number of nitrogen functional groups attached to an aromatic ring is 2. The van der Waals surface area contributed by atoms with Crippen molar-refractivity contribution in [2.45, 2.75) is 38.3 Å². The molecule has 274 valence electrons. The fraction of sp³-hybridized carbons (Fsp3) is 0.343. The van der Waals surface area contributed by atoms with Crippen molar-refractivity contribution in [3.05, 3.63) is 82.7 Å². The number of anilines is 4. The van der Waals surface area contributed by atoms with Gasteiger partial charge in [0, 0.05) is 50.5 Å². The molecule has 2 atom stereocenters. The summed E-state index contributed by atoms with van der Waals surface area (Å²) >= 11 is 0. The van der Waals surface area contributed by atoms with E-state index in [9.17, 15) is 23.2 Å². The molecule has 2 fully saturated rings. The number of likely N-dealkylation sites (tertiary alicyclic amines) is 1. The van der Waals surface area contributed by atoms with E-state index in [1.165, 1.54) is 50.9 Å². The molecular formula is C35H40F2N10O5. The Morgan fingerprint density at radius 2 is 1.35 bits per heavy atom. The van der Waals surface area contributed by atoms with Crippen molar-refractivity contribution >= 4 is 41.0 Å². The minimum absolute atomic E-state index is 0.0137. The van der Waals surface area contributed by atoms with Crippen LogP contribution in [-0.4, -0.2) is 94.8 Å². The number of ketones is 2. The Labute approximate surface area is 298 Å². The summed E-state index contributed by atoms with van der Waals surface area (Å²) in [5.41, 5.74) is 12.1. The van der Waals surface area contributed by atoms with E-state index in [-0.39, 0.29) is 69.3 Å². The summed E-state index contributed by atoms with van der Waals surface area (Å²) in [7, 11) is 2.80. The zero-order chi connectivity index (χ0) is 37.4. The minimum Gasteiger partial charge on any atom is -0.496 e. The second kappa shape index (κ2) is 16.8. The smallest absolute Gasteiger partial charge is 0.224 e. The highest BCUT2D eigenvalue weighted by Gasteiger charge is 2.27. The van der Waals surface area contributed by atoms with Crippen LogP contribution in [0.25, 0.3) is 0 Å². The van der Waals surface area contributed by atoms with Crippen LogP contribution >= 0.6 is 0 Å². The molecule has 2 aromatic carbocycles. The third-order valence-corrected chi connectivity index (χ3v) is 8.51. The molecule has 0 bridgehead atoms. The Kier molecular flexibility index (Phi) is 12.1. The second-order valence-corrected chi connectivity index (χ2v) is 12.0. The van der Waals surface area contributed by atoms with E-state index in [1.54, 1.807) is 4.90 Å². The molecule has 2 saturated heterocycles. The number of hydrogen-bond donors (Lipinski definition) is 5. The maximum atomic E-state index is 13.6. The standard InChI is InChI=1S/C19H22FN5O3.C16H18FN5O2/c1-3-16(26)25-7-6-12(10-25)23-19-22-9-14(18(21)24-19)17(27)13-8-11(20)4-5-15(13)28-2;1-24-13-3-2-9(17)6-11(13)14(23)12-8-20-16(22-15(12)18)21-10-4-5-19-7-10/h4-5,8-9,12H,3,6-7,10H2,1-2H3,(H3,21,22,23,24);2-3,6,8,10,19H,4-5,7H2,1H3,(H3,18,20,21,22)/t12-;10-/m11/s1. The lowest BCUT2D eigenvalue weighted by Gasteiger charge is -2.16. The van der Waals surface area contributed by atoms with Crippen molar-refractivity contribution in [3.8, 4) is 11.5 Å². The number of carbonyl (C=O) groups is 3. The van der Waals surface area contributed by atoms with Crippen molar-refractivity contribution in [3.63, 3.8) is 0 Å². The molecule has 2 aliphatic rings. The average molecular weight is 719 g/mol. The number of ether oxygens (including phenoxy) is 2. The van der Waals surface area contributed by atoms with Crippen LogP contribution < -0.4 is 36.9 Å². The zero-order valence-electron chi connectivity index (χ0n) is 28.9. The maximum Gasteiger partial charge on any atom is 0.224 e. The fourth-order valence-electron chi connectivity index (χ4n) is 5.76. The van der Waals surface area contributed by atoms with Gasteiger partial charge in [-0.2, -0.15) is 9.97 Å². The summed E-state index contributed by atoms with van der Waals surface area (Å²) in [5.74, 6) is -0.851. The second-order valence-electron chi connectivity index (χ2n) is 12.0. The maximum absolute atomic E-state index is 13.6. The molecule has 4 aromatic rings. The number of nitrogens with two attached hydrogens (primary N) is 2. The first-order valence-electron chi connectivity index (χ1n) is 16.5. The number of rotatable bonds is 11. The molecule has 17 heteroatoms. The summed E-state index contributed by atoms with van der Waals surface area (Å²) in [4.78, 5) is 55.5.